The highest BCUT2D eigenvalue weighted by molar-refractivity contribution is 5.78. The van der Waals surface area contributed by atoms with Gasteiger partial charge in [0.05, 0.1) is 25.9 Å². The second-order valence-electron chi connectivity index (χ2n) is 5.16. The normalized spacial score (nSPS) is 22.6. The van der Waals surface area contributed by atoms with Crippen molar-refractivity contribution in [3.63, 3.8) is 0 Å². The van der Waals surface area contributed by atoms with Crippen LogP contribution in [0.3, 0.4) is 0 Å². The molecule has 2 rings (SSSR count). The van der Waals surface area contributed by atoms with Crippen molar-refractivity contribution in [1.82, 2.24) is 9.80 Å². The monoisotopic (exact) mass is 256 g/mol. The topological polar surface area (TPSA) is 53.0 Å². The number of ether oxygens (including phenoxy) is 1. The van der Waals surface area contributed by atoms with E-state index < -0.39 is 0 Å². The van der Waals surface area contributed by atoms with Gasteiger partial charge in [0.2, 0.25) is 5.91 Å². The van der Waals surface area contributed by atoms with Gasteiger partial charge in [-0.2, -0.15) is 0 Å². The first-order valence-corrected chi connectivity index (χ1v) is 7.02. The van der Waals surface area contributed by atoms with E-state index in [1.165, 1.54) is 0 Å². The highest BCUT2D eigenvalue weighted by Gasteiger charge is 2.24. The zero-order chi connectivity index (χ0) is 12.8. The first kappa shape index (κ1) is 13.8. The molecule has 2 saturated heterocycles. The highest BCUT2D eigenvalue weighted by Crippen LogP contribution is 2.14. The van der Waals surface area contributed by atoms with Gasteiger partial charge >= 0.3 is 0 Å². The largest absolute Gasteiger partial charge is 0.394 e. The minimum Gasteiger partial charge on any atom is -0.394 e. The van der Waals surface area contributed by atoms with Crippen molar-refractivity contribution in [1.29, 1.82) is 0 Å². The first-order chi connectivity index (χ1) is 8.79. The van der Waals surface area contributed by atoms with Crippen LogP contribution in [0, 0.1) is 0 Å². The van der Waals surface area contributed by atoms with E-state index in [4.69, 9.17) is 9.84 Å². The summed E-state index contributed by atoms with van der Waals surface area (Å²) in [6.45, 7) is 4.81. The van der Waals surface area contributed by atoms with E-state index in [0.29, 0.717) is 13.2 Å². The molecule has 0 spiro atoms. The van der Waals surface area contributed by atoms with Crippen molar-refractivity contribution >= 4 is 5.91 Å². The predicted octanol–water partition coefficient (Wildman–Crippen LogP) is 0.0821. The number of hydrogen-bond donors (Lipinski definition) is 1. The maximum absolute atomic E-state index is 12.0. The van der Waals surface area contributed by atoms with Crippen molar-refractivity contribution < 1.29 is 14.6 Å². The molecule has 2 fully saturated rings. The summed E-state index contributed by atoms with van der Waals surface area (Å²) in [5.74, 6) is 0.280. The molecule has 5 nitrogen and oxygen atoms in total. The number of likely N-dealkylation sites (tertiary alicyclic amines) is 2. The second-order valence-corrected chi connectivity index (χ2v) is 5.16. The van der Waals surface area contributed by atoms with Crippen molar-refractivity contribution in [3.05, 3.63) is 0 Å². The number of carbonyl (C=O) groups excluding carboxylic acids is 1. The number of rotatable bonds is 5. The van der Waals surface area contributed by atoms with E-state index in [1.807, 2.05) is 4.90 Å². The molecule has 1 amide bonds. The van der Waals surface area contributed by atoms with Gasteiger partial charge in [0.1, 0.15) is 0 Å². The molecule has 0 aliphatic carbocycles. The summed E-state index contributed by atoms with van der Waals surface area (Å²) in [5.41, 5.74) is 0. The van der Waals surface area contributed by atoms with Gasteiger partial charge in [-0.15, -0.1) is 0 Å². The molecule has 104 valence electrons. The number of aliphatic hydroxyl groups excluding tert-OH is 1. The highest BCUT2D eigenvalue weighted by atomic mass is 16.5. The van der Waals surface area contributed by atoms with E-state index in [9.17, 15) is 4.79 Å². The van der Waals surface area contributed by atoms with E-state index in [2.05, 4.69) is 4.90 Å². The Labute approximate surface area is 109 Å². The van der Waals surface area contributed by atoms with Crippen molar-refractivity contribution in [2.75, 3.05) is 45.9 Å². The summed E-state index contributed by atoms with van der Waals surface area (Å²) in [6, 6.07) is 0. The van der Waals surface area contributed by atoms with Crippen molar-refractivity contribution in [2.24, 2.45) is 0 Å². The Bertz CT molecular complexity index is 259. The number of hydrogen-bond acceptors (Lipinski definition) is 4. The van der Waals surface area contributed by atoms with Gasteiger partial charge in [-0.3, -0.25) is 9.69 Å². The molecule has 0 radical (unpaired) electrons. The Morgan fingerprint density at radius 2 is 1.83 bits per heavy atom. The molecule has 2 heterocycles. The van der Waals surface area contributed by atoms with E-state index >= 15 is 0 Å². The molecule has 18 heavy (non-hydrogen) atoms. The average Bonchev–Trinajstić information content (AvgIpc) is 2.92. The molecule has 1 N–H and O–H groups in total. The number of aliphatic hydroxyl groups is 1. The molecule has 0 saturated carbocycles. The van der Waals surface area contributed by atoms with Crippen LogP contribution < -0.4 is 0 Å². The minimum absolute atomic E-state index is 0.0909. The summed E-state index contributed by atoms with van der Waals surface area (Å²) in [4.78, 5) is 16.2. The molecule has 0 aromatic heterocycles. The zero-order valence-electron chi connectivity index (χ0n) is 11.0. The van der Waals surface area contributed by atoms with Crippen LogP contribution in [0.5, 0.6) is 0 Å². The van der Waals surface area contributed by atoms with Gasteiger partial charge in [-0.1, -0.05) is 0 Å². The quantitative estimate of drug-likeness (QED) is 0.757. The molecule has 5 heteroatoms. The van der Waals surface area contributed by atoms with E-state index in [1.54, 1.807) is 0 Å². The maximum Gasteiger partial charge on any atom is 0.236 e. The van der Waals surface area contributed by atoms with E-state index in [-0.39, 0.29) is 18.6 Å². The molecule has 2 aliphatic heterocycles. The molecule has 0 unspecified atom stereocenters. The Balaban J connectivity index is 1.65. The molecular weight excluding hydrogens is 232 g/mol. The van der Waals surface area contributed by atoms with Crippen LogP contribution in [0.25, 0.3) is 0 Å². The molecule has 2 aliphatic rings. The summed E-state index contributed by atoms with van der Waals surface area (Å²) in [5, 5.41) is 8.70. The second kappa shape index (κ2) is 7.07. The Morgan fingerprint density at radius 1 is 1.17 bits per heavy atom. The van der Waals surface area contributed by atoms with Gasteiger partial charge in [0.15, 0.2) is 0 Å². The fraction of sp³-hybridized carbons (Fsp3) is 0.923. The first-order valence-electron chi connectivity index (χ1n) is 7.02. The van der Waals surface area contributed by atoms with Crippen LogP contribution in [0.2, 0.25) is 0 Å². The Morgan fingerprint density at radius 3 is 2.44 bits per heavy atom. The number of nitrogens with zero attached hydrogens (tertiary/aromatic N) is 2. The van der Waals surface area contributed by atoms with Crippen LogP contribution >= 0.6 is 0 Å². The maximum atomic E-state index is 12.0. The molecule has 0 aromatic carbocycles. The molecule has 0 bridgehead atoms. The number of piperidine rings is 1. The summed E-state index contributed by atoms with van der Waals surface area (Å²) in [7, 11) is 0. The Kier molecular flexibility index (Phi) is 5.41. The fourth-order valence-electron chi connectivity index (χ4n) is 2.71. The van der Waals surface area contributed by atoms with Crippen LogP contribution in [-0.4, -0.2) is 72.9 Å². The lowest BCUT2D eigenvalue weighted by Crippen LogP contribution is -2.44. The van der Waals surface area contributed by atoms with Crippen molar-refractivity contribution in [3.8, 4) is 0 Å². The van der Waals surface area contributed by atoms with Gasteiger partial charge < -0.3 is 14.7 Å². The number of carbonyl (C=O) groups is 1. The lowest BCUT2D eigenvalue weighted by molar-refractivity contribution is -0.132. The van der Waals surface area contributed by atoms with Crippen LogP contribution in [-0.2, 0) is 9.53 Å². The van der Waals surface area contributed by atoms with Gasteiger partial charge in [-0.25, -0.2) is 0 Å². The standard InChI is InChI=1S/C13H24N2O3/c16-9-10-18-12-3-7-14(8-4-12)11-13(17)15-5-1-2-6-15/h12,16H,1-11H2. The van der Waals surface area contributed by atoms with Gasteiger partial charge in [-0.05, 0) is 25.7 Å². The van der Waals surface area contributed by atoms with Gasteiger partial charge in [0, 0.05) is 26.2 Å². The third-order valence-corrected chi connectivity index (χ3v) is 3.80. The van der Waals surface area contributed by atoms with Crippen LogP contribution in [0.15, 0.2) is 0 Å². The third kappa shape index (κ3) is 3.93. The van der Waals surface area contributed by atoms with E-state index in [0.717, 1.165) is 51.9 Å². The summed E-state index contributed by atoms with van der Waals surface area (Å²) in [6.07, 6.45) is 4.50. The van der Waals surface area contributed by atoms with Gasteiger partial charge in [0.25, 0.3) is 0 Å². The summed E-state index contributed by atoms with van der Waals surface area (Å²) < 4.78 is 5.51. The lowest BCUT2D eigenvalue weighted by Gasteiger charge is -2.32. The molecular formula is C13H24N2O3. The molecule has 0 aromatic rings. The summed E-state index contributed by atoms with van der Waals surface area (Å²) >= 11 is 0. The predicted molar refractivity (Wildman–Crippen MR) is 68.3 cm³/mol. The fourth-order valence-corrected chi connectivity index (χ4v) is 2.71. The third-order valence-electron chi connectivity index (χ3n) is 3.80. The van der Waals surface area contributed by atoms with Crippen molar-refractivity contribution in [2.45, 2.75) is 31.8 Å². The Hall–Kier alpha value is -0.650. The number of amides is 1. The lowest BCUT2D eigenvalue weighted by atomic mass is 10.1. The smallest absolute Gasteiger partial charge is 0.236 e. The van der Waals surface area contributed by atoms with Crippen LogP contribution in [0.4, 0.5) is 0 Å². The zero-order valence-corrected chi connectivity index (χ0v) is 11.0. The van der Waals surface area contributed by atoms with Crippen LogP contribution in [0.1, 0.15) is 25.7 Å². The average molecular weight is 256 g/mol. The molecule has 0 atom stereocenters. The SMILES string of the molecule is O=C(CN1CCC(OCCO)CC1)N1CCCC1. The minimum atomic E-state index is 0.0909.